The maximum absolute atomic E-state index is 10.7. The van der Waals surface area contributed by atoms with Crippen molar-refractivity contribution in [3.63, 3.8) is 0 Å². The zero-order chi connectivity index (χ0) is 12.1. The number of thiazole rings is 1. The zero-order valence-corrected chi connectivity index (χ0v) is 10.0. The summed E-state index contributed by atoms with van der Waals surface area (Å²) in [5.41, 5.74) is 7.06. The molecule has 0 fully saturated rings. The fourth-order valence-corrected chi connectivity index (χ4v) is 2.02. The normalized spacial score (nSPS) is 10.1. The van der Waals surface area contributed by atoms with E-state index in [0.717, 1.165) is 16.3 Å². The summed E-state index contributed by atoms with van der Waals surface area (Å²) in [6, 6.07) is 7.67. The molecule has 0 aliphatic heterocycles. The Morgan fingerprint density at radius 3 is 2.71 bits per heavy atom. The number of carbonyl (C=O) groups is 1. The van der Waals surface area contributed by atoms with E-state index in [2.05, 4.69) is 10.3 Å². The quantitative estimate of drug-likeness (QED) is 0.846. The largest absolute Gasteiger partial charge is 0.379 e. The van der Waals surface area contributed by atoms with E-state index in [0.29, 0.717) is 6.54 Å². The Labute approximate surface area is 103 Å². The number of nitrogens with two attached hydrogens (primary N) is 1. The molecule has 0 aliphatic carbocycles. The van der Waals surface area contributed by atoms with Crippen molar-refractivity contribution in [1.29, 1.82) is 0 Å². The molecule has 88 valence electrons. The minimum Gasteiger partial charge on any atom is -0.379 e. The second-order valence-corrected chi connectivity index (χ2v) is 4.60. The summed E-state index contributed by atoms with van der Waals surface area (Å²) in [5.74, 6) is -0.312. The maximum Gasteiger partial charge on any atom is 0.221 e. The van der Waals surface area contributed by atoms with Gasteiger partial charge in [0.1, 0.15) is 5.01 Å². The van der Waals surface area contributed by atoms with Crippen LogP contribution in [0.25, 0.3) is 0 Å². The molecule has 0 saturated heterocycles. The van der Waals surface area contributed by atoms with Gasteiger partial charge in [0, 0.05) is 17.3 Å². The monoisotopic (exact) mass is 247 g/mol. The average Bonchev–Trinajstić information content (AvgIpc) is 2.80. The number of carbonyl (C=O) groups excluding carboxylic acids is 1. The van der Waals surface area contributed by atoms with Crippen LogP contribution in [-0.2, 0) is 17.8 Å². The Morgan fingerprint density at radius 2 is 2.12 bits per heavy atom. The molecule has 5 heteroatoms. The molecule has 1 aromatic carbocycles. The minimum absolute atomic E-state index is 0.284. The summed E-state index contributed by atoms with van der Waals surface area (Å²) in [6.07, 6.45) is 2.07. The van der Waals surface area contributed by atoms with Crippen LogP contribution in [0, 0.1) is 0 Å². The van der Waals surface area contributed by atoms with Crippen molar-refractivity contribution >= 4 is 22.9 Å². The second kappa shape index (κ2) is 5.45. The first-order chi connectivity index (χ1) is 8.24. The van der Waals surface area contributed by atoms with Crippen LogP contribution >= 0.6 is 11.3 Å². The van der Waals surface area contributed by atoms with E-state index in [1.807, 2.05) is 29.6 Å². The van der Waals surface area contributed by atoms with Gasteiger partial charge in [0.2, 0.25) is 5.91 Å². The molecule has 0 unspecified atom stereocenters. The van der Waals surface area contributed by atoms with Gasteiger partial charge < -0.3 is 11.1 Å². The van der Waals surface area contributed by atoms with Crippen LogP contribution in [0.1, 0.15) is 10.6 Å². The molecule has 0 radical (unpaired) electrons. The molecule has 0 aliphatic rings. The van der Waals surface area contributed by atoms with Gasteiger partial charge in [-0.3, -0.25) is 4.79 Å². The van der Waals surface area contributed by atoms with Gasteiger partial charge >= 0.3 is 0 Å². The van der Waals surface area contributed by atoms with Crippen LogP contribution in [0.5, 0.6) is 0 Å². The number of rotatable bonds is 5. The van der Waals surface area contributed by atoms with Crippen molar-refractivity contribution in [1.82, 2.24) is 4.98 Å². The summed E-state index contributed by atoms with van der Waals surface area (Å²) >= 11 is 1.62. The highest BCUT2D eigenvalue weighted by atomic mass is 32.1. The molecular weight excluding hydrogens is 234 g/mol. The van der Waals surface area contributed by atoms with Gasteiger partial charge in [0.05, 0.1) is 13.0 Å². The first-order valence-corrected chi connectivity index (χ1v) is 6.11. The lowest BCUT2D eigenvalue weighted by Crippen LogP contribution is -2.13. The third-order valence-electron chi connectivity index (χ3n) is 2.26. The molecule has 1 amide bonds. The van der Waals surface area contributed by atoms with Crippen molar-refractivity contribution in [2.24, 2.45) is 5.73 Å². The van der Waals surface area contributed by atoms with E-state index < -0.39 is 0 Å². The van der Waals surface area contributed by atoms with Crippen molar-refractivity contribution in [3.8, 4) is 0 Å². The Bertz CT molecular complexity index is 479. The standard InChI is InChI=1S/C12H13N3OS/c13-11(16)7-9-1-3-10(4-2-9)15-8-12-14-5-6-17-12/h1-6,15H,7-8H2,(H2,13,16). The predicted octanol–water partition coefficient (Wildman–Crippen LogP) is 1.78. The van der Waals surface area contributed by atoms with E-state index in [-0.39, 0.29) is 12.3 Å². The van der Waals surface area contributed by atoms with Crippen molar-refractivity contribution < 1.29 is 4.79 Å². The number of aromatic nitrogens is 1. The van der Waals surface area contributed by atoms with Gasteiger partial charge in [-0.15, -0.1) is 11.3 Å². The summed E-state index contributed by atoms with van der Waals surface area (Å²) in [6.45, 7) is 0.715. The molecule has 17 heavy (non-hydrogen) atoms. The zero-order valence-electron chi connectivity index (χ0n) is 9.22. The number of nitrogens with zero attached hydrogens (tertiary/aromatic N) is 1. The van der Waals surface area contributed by atoms with E-state index >= 15 is 0 Å². The molecule has 1 heterocycles. The fourth-order valence-electron chi connectivity index (χ4n) is 1.46. The number of hydrogen-bond acceptors (Lipinski definition) is 4. The van der Waals surface area contributed by atoms with Gasteiger partial charge in [0.15, 0.2) is 0 Å². The predicted molar refractivity (Wildman–Crippen MR) is 68.8 cm³/mol. The van der Waals surface area contributed by atoms with Gasteiger partial charge in [-0.25, -0.2) is 4.98 Å². The number of hydrogen-bond donors (Lipinski definition) is 2. The number of amides is 1. The van der Waals surface area contributed by atoms with E-state index in [4.69, 9.17) is 5.73 Å². The first kappa shape index (κ1) is 11.6. The van der Waals surface area contributed by atoms with Gasteiger partial charge in [-0.1, -0.05) is 12.1 Å². The molecule has 0 spiro atoms. The lowest BCUT2D eigenvalue weighted by molar-refractivity contribution is -0.117. The SMILES string of the molecule is NC(=O)Cc1ccc(NCc2nccs2)cc1. The Hall–Kier alpha value is -1.88. The molecule has 0 saturated carbocycles. The van der Waals surface area contributed by atoms with Gasteiger partial charge in [-0.2, -0.15) is 0 Å². The van der Waals surface area contributed by atoms with Crippen LogP contribution in [0.4, 0.5) is 5.69 Å². The van der Waals surface area contributed by atoms with Crippen molar-refractivity contribution in [2.75, 3.05) is 5.32 Å². The van der Waals surface area contributed by atoms with Crippen LogP contribution in [0.3, 0.4) is 0 Å². The topological polar surface area (TPSA) is 68.0 Å². The van der Waals surface area contributed by atoms with E-state index in [1.54, 1.807) is 17.5 Å². The lowest BCUT2D eigenvalue weighted by atomic mass is 10.1. The molecule has 0 atom stereocenters. The molecule has 2 aromatic rings. The number of anilines is 1. The van der Waals surface area contributed by atoms with Crippen LogP contribution in [-0.4, -0.2) is 10.9 Å². The number of nitrogens with one attached hydrogen (secondary N) is 1. The summed E-state index contributed by atoms with van der Waals surface area (Å²) in [7, 11) is 0. The first-order valence-electron chi connectivity index (χ1n) is 5.23. The minimum atomic E-state index is -0.312. The number of benzene rings is 1. The molecular formula is C12H13N3OS. The highest BCUT2D eigenvalue weighted by Gasteiger charge is 1.99. The highest BCUT2D eigenvalue weighted by Crippen LogP contribution is 2.12. The fraction of sp³-hybridized carbons (Fsp3) is 0.167. The molecule has 1 aromatic heterocycles. The van der Waals surface area contributed by atoms with E-state index in [1.165, 1.54) is 0 Å². The molecule has 4 nitrogen and oxygen atoms in total. The summed E-state index contributed by atoms with van der Waals surface area (Å²) in [5, 5.41) is 6.26. The molecule has 0 bridgehead atoms. The van der Waals surface area contributed by atoms with Gasteiger partial charge in [0.25, 0.3) is 0 Å². The Morgan fingerprint density at radius 1 is 1.35 bits per heavy atom. The van der Waals surface area contributed by atoms with Crippen LogP contribution in [0.15, 0.2) is 35.8 Å². The van der Waals surface area contributed by atoms with Crippen LogP contribution < -0.4 is 11.1 Å². The van der Waals surface area contributed by atoms with E-state index in [9.17, 15) is 4.79 Å². The van der Waals surface area contributed by atoms with Gasteiger partial charge in [-0.05, 0) is 17.7 Å². The second-order valence-electron chi connectivity index (χ2n) is 3.62. The number of primary amides is 1. The third-order valence-corrected chi connectivity index (χ3v) is 3.04. The highest BCUT2D eigenvalue weighted by molar-refractivity contribution is 7.09. The molecule has 2 rings (SSSR count). The lowest BCUT2D eigenvalue weighted by Gasteiger charge is -2.05. The van der Waals surface area contributed by atoms with Crippen molar-refractivity contribution in [2.45, 2.75) is 13.0 Å². The molecule has 3 N–H and O–H groups in total. The summed E-state index contributed by atoms with van der Waals surface area (Å²) < 4.78 is 0. The third kappa shape index (κ3) is 3.57. The Kier molecular flexibility index (Phi) is 3.72. The Balaban J connectivity index is 1.91. The maximum atomic E-state index is 10.7. The van der Waals surface area contributed by atoms with Crippen LogP contribution in [0.2, 0.25) is 0 Å². The summed E-state index contributed by atoms with van der Waals surface area (Å²) in [4.78, 5) is 14.9. The average molecular weight is 247 g/mol. The smallest absolute Gasteiger partial charge is 0.221 e. The van der Waals surface area contributed by atoms with Crippen molar-refractivity contribution in [3.05, 3.63) is 46.4 Å².